The van der Waals surface area contributed by atoms with Gasteiger partial charge in [-0.15, -0.1) is 0 Å². The zero-order valence-corrected chi connectivity index (χ0v) is 25.6. The van der Waals surface area contributed by atoms with E-state index in [4.69, 9.17) is 9.47 Å². The Morgan fingerprint density at radius 1 is 1.00 bits per heavy atom. The molecule has 2 aromatic heterocycles. The van der Waals surface area contributed by atoms with Gasteiger partial charge in [-0.05, 0) is 37.6 Å². The normalized spacial score (nSPS) is 13.8. The molecule has 1 unspecified atom stereocenters. The zero-order valence-electron chi connectivity index (χ0n) is 25.6. The third-order valence-electron chi connectivity index (χ3n) is 7.01. The van der Waals surface area contributed by atoms with Crippen LogP contribution in [0.2, 0.25) is 0 Å². The zero-order chi connectivity index (χ0) is 33.6. The Morgan fingerprint density at radius 3 is 2.33 bits per heavy atom. The van der Waals surface area contributed by atoms with Crippen LogP contribution in [-0.4, -0.2) is 81.9 Å². The largest absolute Gasteiger partial charge is 0.481 e. The topological polar surface area (TPSA) is 151 Å². The molecular formula is C30H33F3N8O5. The maximum absolute atomic E-state index is 14.0. The highest BCUT2D eigenvalue weighted by Gasteiger charge is 2.36. The van der Waals surface area contributed by atoms with Crippen LogP contribution in [0.25, 0.3) is 0 Å². The number of rotatable bonds is 10. The second-order valence-corrected chi connectivity index (χ2v) is 10.2. The van der Waals surface area contributed by atoms with E-state index in [1.165, 1.54) is 38.4 Å². The van der Waals surface area contributed by atoms with Gasteiger partial charge in [0.05, 0.1) is 24.2 Å². The number of ether oxygens (including phenoxy) is 2. The van der Waals surface area contributed by atoms with E-state index in [0.717, 1.165) is 6.08 Å². The number of carbonyl (C=O) groups excluding carboxylic acids is 3. The molecule has 3 N–H and O–H groups in total. The summed E-state index contributed by atoms with van der Waals surface area (Å²) in [5, 5.41) is 8.07. The van der Waals surface area contributed by atoms with Crippen LogP contribution in [-0.2, 0) is 20.6 Å². The van der Waals surface area contributed by atoms with E-state index in [-0.39, 0.29) is 40.8 Å². The molecule has 0 spiro atoms. The number of nitrogens with one attached hydrogen (secondary N) is 3. The predicted octanol–water partition coefficient (Wildman–Crippen LogP) is 4.28. The highest BCUT2D eigenvalue weighted by atomic mass is 19.4. The second kappa shape index (κ2) is 14.1. The summed E-state index contributed by atoms with van der Waals surface area (Å²) >= 11 is 0. The summed E-state index contributed by atoms with van der Waals surface area (Å²) in [6, 6.07) is 5.72. The van der Waals surface area contributed by atoms with Gasteiger partial charge in [0.1, 0.15) is 17.1 Å². The molecule has 1 fully saturated rings. The Hall–Kier alpha value is -5.41. The summed E-state index contributed by atoms with van der Waals surface area (Å²) in [5.41, 5.74) is 0.0385. The van der Waals surface area contributed by atoms with Crippen molar-refractivity contribution in [2.24, 2.45) is 0 Å². The van der Waals surface area contributed by atoms with Crippen LogP contribution in [0.3, 0.4) is 0 Å². The van der Waals surface area contributed by atoms with Gasteiger partial charge >= 0.3 is 6.18 Å². The first-order valence-electron chi connectivity index (χ1n) is 14.1. The van der Waals surface area contributed by atoms with E-state index in [2.05, 4.69) is 37.5 Å². The number of pyridine rings is 1. The summed E-state index contributed by atoms with van der Waals surface area (Å²) in [7, 11) is 1.42. The lowest BCUT2D eigenvalue weighted by Gasteiger charge is -2.35. The van der Waals surface area contributed by atoms with Gasteiger partial charge in [-0.25, -0.2) is 9.97 Å². The van der Waals surface area contributed by atoms with Gasteiger partial charge in [-0.3, -0.25) is 14.4 Å². The monoisotopic (exact) mass is 642 g/mol. The fraction of sp³-hybridized carbons (Fsp3) is 0.333. The first-order valence-corrected chi connectivity index (χ1v) is 14.1. The van der Waals surface area contributed by atoms with Crippen LogP contribution < -0.4 is 25.4 Å². The van der Waals surface area contributed by atoms with Crippen molar-refractivity contribution in [3.8, 4) is 11.6 Å². The molecule has 0 aliphatic carbocycles. The standard InChI is InChI=1S/C30H33F3N8O5/c1-6-25(43)36-24-13-20(46-18(3)28(44)41-11-9-40(10-12-41)19(4)42)7-8-22(24)37-27-21(30(31,32)33)16-35-29(39-27)38-23-14-26(45-5)34-15-17(23)2/h6-8,13-16,18H,1,9-12H2,2-5H3,(H,36,43)(H2,34,35,37,38,39). The number of benzene rings is 1. The third-order valence-corrected chi connectivity index (χ3v) is 7.01. The number of anilines is 5. The molecule has 244 valence electrons. The molecule has 3 heterocycles. The highest BCUT2D eigenvalue weighted by molar-refractivity contribution is 6.01. The van der Waals surface area contributed by atoms with Gasteiger partial charge in [-0.1, -0.05) is 6.58 Å². The van der Waals surface area contributed by atoms with E-state index < -0.39 is 29.6 Å². The van der Waals surface area contributed by atoms with E-state index in [1.54, 1.807) is 29.7 Å². The summed E-state index contributed by atoms with van der Waals surface area (Å²) in [6.07, 6.45) is -2.62. The summed E-state index contributed by atoms with van der Waals surface area (Å²) in [4.78, 5) is 52.1. The van der Waals surface area contributed by atoms with E-state index in [1.807, 2.05) is 0 Å². The Labute approximate surface area is 262 Å². The fourth-order valence-corrected chi connectivity index (χ4v) is 4.49. The molecule has 3 aromatic rings. The fourth-order valence-electron chi connectivity index (χ4n) is 4.49. The third kappa shape index (κ3) is 8.19. The Morgan fingerprint density at radius 2 is 1.70 bits per heavy atom. The first-order chi connectivity index (χ1) is 21.8. The summed E-state index contributed by atoms with van der Waals surface area (Å²) in [6.45, 7) is 9.69. The number of hydrogen-bond donors (Lipinski definition) is 3. The van der Waals surface area contributed by atoms with Crippen LogP contribution in [0.15, 0.2) is 49.3 Å². The minimum absolute atomic E-state index is 0.0353. The lowest BCUT2D eigenvalue weighted by molar-refractivity contribution is -0.143. The number of methoxy groups -OCH3 is 1. The van der Waals surface area contributed by atoms with Crippen molar-refractivity contribution >= 4 is 46.5 Å². The Balaban J connectivity index is 1.60. The van der Waals surface area contributed by atoms with Crippen LogP contribution in [0, 0.1) is 6.92 Å². The van der Waals surface area contributed by atoms with Crippen LogP contribution in [0.1, 0.15) is 25.0 Å². The van der Waals surface area contributed by atoms with Gasteiger partial charge < -0.3 is 35.2 Å². The molecule has 16 heteroatoms. The Bertz CT molecular complexity index is 1630. The highest BCUT2D eigenvalue weighted by Crippen LogP contribution is 2.38. The minimum Gasteiger partial charge on any atom is -0.481 e. The van der Waals surface area contributed by atoms with Crippen molar-refractivity contribution in [1.82, 2.24) is 24.8 Å². The number of nitrogens with zero attached hydrogens (tertiary/aromatic N) is 5. The number of piperazine rings is 1. The van der Waals surface area contributed by atoms with Crippen molar-refractivity contribution in [3.63, 3.8) is 0 Å². The van der Waals surface area contributed by atoms with Gasteiger partial charge in [0.2, 0.25) is 23.6 Å². The van der Waals surface area contributed by atoms with Crippen molar-refractivity contribution in [2.75, 3.05) is 49.2 Å². The molecular weight excluding hydrogens is 609 g/mol. The lowest BCUT2D eigenvalue weighted by Crippen LogP contribution is -2.52. The lowest BCUT2D eigenvalue weighted by atomic mass is 10.2. The van der Waals surface area contributed by atoms with Gasteiger partial charge in [0.15, 0.2) is 6.10 Å². The first kappa shape index (κ1) is 33.5. The molecule has 0 radical (unpaired) electrons. The quantitative estimate of drug-likeness (QED) is 0.274. The van der Waals surface area contributed by atoms with Crippen molar-refractivity contribution < 1.29 is 37.0 Å². The molecule has 46 heavy (non-hydrogen) atoms. The smallest absolute Gasteiger partial charge is 0.421 e. The second-order valence-electron chi connectivity index (χ2n) is 10.2. The SMILES string of the molecule is C=CC(=O)Nc1cc(OC(C)C(=O)N2CCN(C(C)=O)CC2)ccc1Nc1nc(Nc2cc(OC)ncc2C)ncc1C(F)(F)F. The van der Waals surface area contributed by atoms with Crippen LogP contribution in [0.4, 0.5) is 42.0 Å². The number of aromatic nitrogens is 3. The van der Waals surface area contributed by atoms with Crippen molar-refractivity contribution in [3.05, 3.63) is 60.4 Å². The van der Waals surface area contributed by atoms with Crippen LogP contribution in [0.5, 0.6) is 11.6 Å². The van der Waals surface area contributed by atoms with Gasteiger partial charge in [-0.2, -0.15) is 18.2 Å². The number of carbonyl (C=O) groups is 3. The molecule has 1 aliphatic rings. The van der Waals surface area contributed by atoms with Crippen LogP contribution >= 0.6 is 0 Å². The maximum atomic E-state index is 14.0. The van der Waals surface area contributed by atoms with Crippen molar-refractivity contribution in [1.29, 1.82) is 0 Å². The number of alkyl halides is 3. The maximum Gasteiger partial charge on any atom is 0.421 e. The molecule has 13 nitrogen and oxygen atoms in total. The Kier molecular flexibility index (Phi) is 10.3. The van der Waals surface area contributed by atoms with Crippen molar-refractivity contribution in [2.45, 2.75) is 33.1 Å². The molecule has 3 amide bonds. The van der Waals surface area contributed by atoms with Gasteiger partial charge in [0, 0.05) is 57.6 Å². The van der Waals surface area contributed by atoms with E-state index >= 15 is 0 Å². The summed E-state index contributed by atoms with van der Waals surface area (Å²) < 4.78 is 53.0. The average Bonchev–Trinajstić information content (AvgIpc) is 3.02. The van der Waals surface area contributed by atoms with E-state index in [9.17, 15) is 27.6 Å². The number of halogens is 3. The molecule has 4 rings (SSSR count). The minimum atomic E-state index is -4.82. The molecule has 0 saturated carbocycles. The summed E-state index contributed by atoms with van der Waals surface area (Å²) in [5.74, 6) is -1.33. The molecule has 1 aromatic carbocycles. The molecule has 0 bridgehead atoms. The van der Waals surface area contributed by atoms with Gasteiger partial charge in [0.25, 0.3) is 5.91 Å². The molecule has 1 saturated heterocycles. The predicted molar refractivity (Wildman–Crippen MR) is 163 cm³/mol. The van der Waals surface area contributed by atoms with E-state index in [0.29, 0.717) is 43.6 Å². The molecule has 1 aliphatic heterocycles. The number of amides is 3. The number of hydrogen-bond acceptors (Lipinski definition) is 10. The molecule has 1 atom stereocenters. The average molecular weight is 643 g/mol. The number of aryl methyl sites for hydroxylation is 1.